The molecule has 0 radical (unpaired) electrons. The molecular weight excluding hydrogens is 156 g/mol. The van der Waals surface area contributed by atoms with Crippen LogP contribution in [0.4, 0.5) is 0 Å². The maximum Gasteiger partial charge on any atom is 0.239 e. The Balaban J connectivity index is 2.24. The number of morpholine rings is 1. The van der Waals surface area contributed by atoms with Crippen LogP contribution in [-0.4, -0.2) is 38.3 Å². The number of hydrogen-bond acceptors (Lipinski definition) is 3. The summed E-state index contributed by atoms with van der Waals surface area (Å²) in [5, 5.41) is 5.76. The van der Waals surface area contributed by atoms with E-state index >= 15 is 0 Å². The Hall–Kier alpha value is -0.870. The molecule has 0 aliphatic carbocycles. The minimum absolute atomic E-state index is 0.0189. The highest BCUT2D eigenvalue weighted by molar-refractivity contribution is 5.82. The molecule has 0 bridgehead atoms. The predicted octanol–water partition coefficient (Wildman–Crippen LogP) is -0.723. The van der Waals surface area contributed by atoms with Gasteiger partial charge < -0.3 is 15.4 Å². The Morgan fingerprint density at radius 1 is 1.83 bits per heavy atom. The molecule has 1 atom stereocenters. The van der Waals surface area contributed by atoms with Gasteiger partial charge in [0.05, 0.1) is 13.2 Å². The number of hydrogen-bond donors (Lipinski definition) is 2. The van der Waals surface area contributed by atoms with Gasteiger partial charge >= 0.3 is 0 Å². The van der Waals surface area contributed by atoms with Crippen LogP contribution in [0.2, 0.25) is 0 Å². The van der Waals surface area contributed by atoms with Crippen LogP contribution in [-0.2, 0) is 9.53 Å². The van der Waals surface area contributed by atoms with Crippen molar-refractivity contribution in [3.05, 3.63) is 12.7 Å². The molecule has 1 amide bonds. The summed E-state index contributed by atoms with van der Waals surface area (Å²) in [7, 11) is 0. The van der Waals surface area contributed by atoms with Crippen LogP contribution in [0.3, 0.4) is 0 Å². The van der Waals surface area contributed by atoms with Crippen molar-refractivity contribution >= 4 is 5.91 Å². The molecular formula is C8H14N2O2. The van der Waals surface area contributed by atoms with Crippen LogP contribution in [0.5, 0.6) is 0 Å². The van der Waals surface area contributed by atoms with Crippen LogP contribution >= 0.6 is 0 Å². The van der Waals surface area contributed by atoms with Gasteiger partial charge in [-0.25, -0.2) is 0 Å². The van der Waals surface area contributed by atoms with Crippen molar-refractivity contribution in [3.63, 3.8) is 0 Å². The molecule has 12 heavy (non-hydrogen) atoms. The van der Waals surface area contributed by atoms with E-state index in [1.54, 1.807) is 6.08 Å². The standard InChI is InChI=1S/C8H14N2O2/c1-2-3-10-8(11)7-6-12-5-4-9-7/h2,7,9H,1,3-6H2,(H,10,11). The monoisotopic (exact) mass is 170 g/mol. The summed E-state index contributed by atoms with van der Waals surface area (Å²) in [4.78, 5) is 11.3. The van der Waals surface area contributed by atoms with Crippen LogP contribution < -0.4 is 10.6 Å². The van der Waals surface area contributed by atoms with E-state index in [2.05, 4.69) is 17.2 Å². The third-order valence-electron chi connectivity index (χ3n) is 1.66. The molecule has 0 aromatic rings. The number of carbonyl (C=O) groups is 1. The number of ether oxygens (including phenoxy) is 1. The first-order chi connectivity index (χ1) is 5.84. The summed E-state index contributed by atoms with van der Waals surface area (Å²) in [6.07, 6.45) is 1.65. The Labute approximate surface area is 72.0 Å². The van der Waals surface area contributed by atoms with Gasteiger partial charge in [-0.3, -0.25) is 4.79 Å². The van der Waals surface area contributed by atoms with E-state index in [1.807, 2.05) is 0 Å². The fourth-order valence-electron chi connectivity index (χ4n) is 1.03. The van der Waals surface area contributed by atoms with E-state index in [4.69, 9.17) is 4.74 Å². The van der Waals surface area contributed by atoms with Gasteiger partial charge in [0.2, 0.25) is 5.91 Å². The zero-order valence-electron chi connectivity index (χ0n) is 7.01. The molecule has 68 valence electrons. The van der Waals surface area contributed by atoms with E-state index in [1.165, 1.54) is 0 Å². The molecule has 0 aromatic carbocycles. The van der Waals surface area contributed by atoms with Crippen LogP contribution in [0.15, 0.2) is 12.7 Å². The number of rotatable bonds is 3. The van der Waals surface area contributed by atoms with E-state index in [-0.39, 0.29) is 11.9 Å². The van der Waals surface area contributed by atoms with E-state index in [0.29, 0.717) is 19.8 Å². The van der Waals surface area contributed by atoms with Crippen molar-refractivity contribution in [2.75, 3.05) is 26.3 Å². The minimum Gasteiger partial charge on any atom is -0.378 e. The molecule has 2 N–H and O–H groups in total. The lowest BCUT2D eigenvalue weighted by atomic mass is 10.2. The lowest BCUT2D eigenvalue weighted by molar-refractivity contribution is -0.125. The molecule has 1 saturated heterocycles. The largest absolute Gasteiger partial charge is 0.378 e. The highest BCUT2D eigenvalue weighted by Crippen LogP contribution is 1.92. The van der Waals surface area contributed by atoms with Crippen LogP contribution in [0.25, 0.3) is 0 Å². The van der Waals surface area contributed by atoms with Crippen LogP contribution in [0, 0.1) is 0 Å². The third kappa shape index (κ3) is 2.64. The molecule has 4 heteroatoms. The third-order valence-corrected chi connectivity index (χ3v) is 1.66. The highest BCUT2D eigenvalue weighted by Gasteiger charge is 2.19. The minimum atomic E-state index is -0.196. The SMILES string of the molecule is C=CCNC(=O)C1COCCN1. The first-order valence-electron chi connectivity index (χ1n) is 4.04. The fraction of sp³-hybridized carbons (Fsp3) is 0.625. The lowest BCUT2D eigenvalue weighted by Gasteiger charge is -2.22. The second kappa shape index (κ2) is 4.90. The Kier molecular flexibility index (Phi) is 3.76. The quantitative estimate of drug-likeness (QED) is 0.549. The smallest absolute Gasteiger partial charge is 0.239 e. The maximum absolute atomic E-state index is 11.3. The van der Waals surface area contributed by atoms with Gasteiger partial charge in [-0.15, -0.1) is 6.58 Å². The second-order valence-electron chi connectivity index (χ2n) is 2.62. The van der Waals surface area contributed by atoms with Crippen molar-refractivity contribution in [2.45, 2.75) is 6.04 Å². The van der Waals surface area contributed by atoms with Crippen LogP contribution in [0.1, 0.15) is 0 Å². The molecule has 0 aromatic heterocycles. The highest BCUT2D eigenvalue weighted by atomic mass is 16.5. The van der Waals surface area contributed by atoms with Gasteiger partial charge in [-0.2, -0.15) is 0 Å². The van der Waals surface area contributed by atoms with Gasteiger partial charge in [-0.1, -0.05) is 6.08 Å². The van der Waals surface area contributed by atoms with Crippen molar-refractivity contribution in [3.8, 4) is 0 Å². The lowest BCUT2D eigenvalue weighted by Crippen LogP contribution is -2.51. The first kappa shape index (κ1) is 9.22. The van der Waals surface area contributed by atoms with Gasteiger partial charge in [0.1, 0.15) is 6.04 Å². The molecule has 1 aliphatic rings. The zero-order valence-corrected chi connectivity index (χ0v) is 7.01. The average molecular weight is 170 g/mol. The average Bonchev–Trinajstić information content (AvgIpc) is 2.15. The summed E-state index contributed by atoms with van der Waals surface area (Å²) >= 11 is 0. The first-order valence-corrected chi connectivity index (χ1v) is 4.04. The van der Waals surface area contributed by atoms with E-state index in [0.717, 1.165) is 6.54 Å². The van der Waals surface area contributed by atoms with Crippen molar-refractivity contribution < 1.29 is 9.53 Å². The number of carbonyl (C=O) groups excluding carboxylic acids is 1. The predicted molar refractivity (Wildman–Crippen MR) is 45.8 cm³/mol. The fourth-order valence-corrected chi connectivity index (χ4v) is 1.03. The van der Waals surface area contributed by atoms with E-state index < -0.39 is 0 Å². The van der Waals surface area contributed by atoms with Gasteiger partial charge in [0, 0.05) is 13.1 Å². The second-order valence-corrected chi connectivity index (χ2v) is 2.62. The maximum atomic E-state index is 11.3. The van der Waals surface area contributed by atoms with E-state index in [9.17, 15) is 4.79 Å². The molecule has 0 saturated carbocycles. The Morgan fingerprint density at radius 2 is 2.67 bits per heavy atom. The summed E-state index contributed by atoms with van der Waals surface area (Å²) in [6.45, 7) is 5.91. The van der Waals surface area contributed by atoms with Crippen molar-refractivity contribution in [2.24, 2.45) is 0 Å². The molecule has 1 unspecified atom stereocenters. The summed E-state index contributed by atoms with van der Waals surface area (Å²) < 4.78 is 5.13. The van der Waals surface area contributed by atoms with Gasteiger partial charge in [-0.05, 0) is 0 Å². The van der Waals surface area contributed by atoms with Gasteiger partial charge in [0.15, 0.2) is 0 Å². The molecule has 1 heterocycles. The molecule has 0 spiro atoms. The number of nitrogens with one attached hydrogen (secondary N) is 2. The summed E-state index contributed by atoms with van der Waals surface area (Å²) in [6, 6.07) is -0.196. The topological polar surface area (TPSA) is 50.4 Å². The van der Waals surface area contributed by atoms with Crippen molar-refractivity contribution in [1.82, 2.24) is 10.6 Å². The summed E-state index contributed by atoms with van der Waals surface area (Å²) in [5.41, 5.74) is 0. The number of amides is 1. The van der Waals surface area contributed by atoms with Crippen molar-refractivity contribution in [1.29, 1.82) is 0 Å². The summed E-state index contributed by atoms with van der Waals surface area (Å²) in [5.74, 6) is -0.0189. The Bertz CT molecular complexity index is 164. The molecule has 1 rings (SSSR count). The molecule has 4 nitrogen and oxygen atoms in total. The molecule has 1 fully saturated rings. The Morgan fingerprint density at radius 3 is 3.25 bits per heavy atom. The normalized spacial score (nSPS) is 23.2. The van der Waals surface area contributed by atoms with Gasteiger partial charge in [0.25, 0.3) is 0 Å². The molecule has 1 aliphatic heterocycles. The zero-order chi connectivity index (χ0) is 8.81.